The Morgan fingerprint density at radius 1 is 1.56 bits per heavy atom. The monoisotopic (exact) mass is 331 g/mol. The Morgan fingerprint density at radius 2 is 2.28 bits per heavy atom. The van der Waals surface area contributed by atoms with Crippen molar-refractivity contribution in [1.29, 1.82) is 0 Å². The summed E-state index contributed by atoms with van der Waals surface area (Å²) in [5.41, 5.74) is 0.617. The maximum Gasteiger partial charge on any atom is 0.251 e. The van der Waals surface area contributed by atoms with Gasteiger partial charge in [-0.25, -0.2) is 0 Å². The minimum Gasteiger partial charge on any atom is -0.378 e. The van der Waals surface area contributed by atoms with Gasteiger partial charge in [0.2, 0.25) is 0 Å². The lowest BCUT2D eigenvalue weighted by Gasteiger charge is -2.35. The molecule has 0 heterocycles. The van der Waals surface area contributed by atoms with Crippen molar-refractivity contribution in [3.63, 3.8) is 0 Å². The largest absolute Gasteiger partial charge is 0.378 e. The molecule has 0 bridgehead atoms. The highest BCUT2D eigenvalue weighted by Gasteiger charge is 2.30. The summed E-state index contributed by atoms with van der Waals surface area (Å²) in [5, 5.41) is 3.59. The summed E-state index contributed by atoms with van der Waals surface area (Å²) in [6.45, 7) is 2.71. The zero-order valence-corrected chi connectivity index (χ0v) is 12.4. The highest BCUT2D eigenvalue weighted by Crippen LogP contribution is 2.25. The van der Waals surface area contributed by atoms with Crippen LogP contribution in [0.1, 0.15) is 30.1 Å². The molecule has 1 fully saturated rings. The Bertz CT molecular complexity index is 447. The number of hydrogen-bond acceptors (Lipinski definition) is 2. The van der Waals surface area contributed by atoms with Crippen molar-refractivity contribution in [3.05, 3.63) is 33.3 Å². The lowest BCUT2D eigenvalue weighted by Crippen LogP contribution is -2.47. The molecule has 1 amide bonds. The standard InChI is InChI=1S/C13H15BrClNO2/c1-2-18-10-6-9(7-10)16-13(17)8-3-4-12(15)11(14)5-8/h3-5,9-10H,2,6-7H2,1H3,(H,16,17). The first-order chi connectivity index (χ1) is 8.60. The zero-order valence-electron chi connectivity index (χ0n) is 10.1. The van der Waals surface area contributed by atoms with E-state index < -0.39 is 0 Å². The highest BCUT2D eigenvalue weighted by molar-refractivity contribution is 9.10. The summed E-state index contributed by atoms with van der Waals surface area (Å²) in [7, 11) is 0. The summed E-state index contributed by atoms with van der Waals surface area (Å²) in [4.78, 5) is 12.0. The first-order valence-corrected chi connectivity index (χ1v) is 7.14. The number of halogens is 2. The SMILES string of the molecule is CCOC1CC(NC(=O)c2ccc(Cl)c(Br)c2)C1. The van der Waals surface area contributed by atoms with Gasteiger partial charge in [-0.2, -0.15) is 0 Å². The molecule has 98 valence electrons. The first kappa shape index (κ1) is 13.8. The predicted molar refractivity (Wildman–Crippen MR) is 75.1 cm³/mol. The minimum atomic E-state index is -0.0627. The molecule has 1 aromatic rings. The molecule has 2 rings (SSSR count). The molecule has 0 aliphatic heterocycles. The van der Waals surface area contributed by atoms with Crippen molar-refractivity contribution in [3.8, 4) is 0 Å². The Kier molecular flexibility index (Phi) is 4.65. The maximum absolute atomic E-state index is 12.0. The van der Waals surface area contributed by atoms with Crippen molar-refractivity contribution in [2.75, 3.05) is 6.61 Å². The first-order valence-electron chi connectivity index (χ1n) is 5.97. The van der Waals surface area contributed by atoms with Crippen LogP contribution < -0.4 is 5.32 Å². The van der Waals surface area contributed by atoms with Crippen LogP contribution in [0.5, 0.6) is 0 Å². The number of amides is 1. The number of benzene rings is 1. The van der Waals surface area contributed by atoms with Crippen LogP contribution in [0.4, 0.5) is 0 Å². The molecule has 0 spiro atoms. The molecule has 1 N–H and O–H groups in total. The molecule has 0 saturated heterocycles. The fourth-order valence-electron chi connectivity index (χ4n) is 1.96. The second kappa shape index (κ2) is 6.04. The zero-order chi connectivity index (χ0) is 13.1. The van der Waals surface area contributed by atoms with Gasteiger partial charge >= 0.3 is 0 Å². The molecule has 3 nitrogen and oxygen atoms in total. The smallest absolute Gasteiger partial charge is 0.251 e. The van der Waals surface area contributed by atoms with E-state index in [2.05, 4.69) is 21.2 Å². The van der Waals surface area contributed by atoms with E-state index >= 15 is 0 Å². The molecule has 1 aliphatic rings. The second-order valence-corrected chi connectivity index (χ2v) is 5.61. The van der Waals surface area contributed by atoms with Crippen LogP contribution >= 0.6 is 27.5 Å². The van der Waals surface area contributed by atoms with Crippen LogP contribution in [0.15, 0.2) is 22.7 Å². The van der Waals surface area contributed by atoms with E-state index in [9.17, 15) is 4.79 Å². The fourth-order valence-corrected chi connectivity index (χ4v) is 2.46. The Hall–Kier alpha value is -0.580. The molecular formula is C13H15BrClNO2. The number of hydrogen-bond donors (Lipinski definition) is 1. The maximum atomic E-state index is 12.0. The van der Waals surface area contributed by atoms with Crippen LogP contribution in [0.25, 0.3) is 0 Å². The number of rotatable bonds is 4. The molecule has 0 unspecified atom stereocenters. The van der Waals surface area contributed by atoms with Crippen LogP contribution in [0.3, 0.4) is 0 Å². The summed E-state index contributed by atoms with van der Waals surface area (Å²) >= 11 is 9.20. The quantitative estimate of drug-likeness (QED) is 0.917. The molecular weight excluding hydrogens is 318 g/mol. The molecule has 0 radical (unpaired) electrons. The molecule has 0 aromatic heterocycles. The number of carbonyl (C=O) groups is 1. The minimum absolute atomic E-state index is 0.0627. The third-order valence-corrected chi connectivity index (χ3v) is 4.23. The molecule has 1 aliphatic carbocycles. The molecule has 5 heteroatoms. The van der Waals surface area contributed by atoms with E-state index in [4.69, 9.17) is 16.3 Å². The van der Waals surface area contributed by atoms with Crippen molar-refractivity contribution in [1.82, 2.24) is 5.32 Å². The van der Waals surface area contributed by atoms with Gasteiger partial charge in [0.05, 0.1) is 11.1 Å². The topological polar surface area (TPSA) is 38.3 Å². The molecule has 0 atom stereocenters. The number of ether oxygens (including phenoxy) is 1. The van der Waals surface area contributed by atoms with Gasteiger partial charge in [0.1, 0.15) is 0 Å². The van der Waals surface area contributed by atoms with Gasteiger partial charge in [0.15, 0.2) is 0 Å². The predicted octanol–water partition coefficient (Wildman–Crippen LogP) is 3.40. The van der Waals surface area contributed by atoms with Crippen LogP contribution in [0.2, 0.25) is 5.02 Å². The number of carbonyl (C=O) groups excluding carboxylic acids is 1. The van der Waals surface area contributed by atoms with E-state index in [0.29, 0.717) is 16.7 Å². The summed E-state index contributed by atoms with van der Waals surface area (Å²) in [6.07, 6.45) is 2.10. The average molecular weight is 333 g/mol. The van der Waals surface area contributed by atoms with Crippen molar-refractivity contribution >= 4 is 33.4 Å². The summed E-state index contributed by atoms with van der Waals surface area (Å²) in [5.74, 6) is -0.0627. The third-order valence-electron chi connectivity index (χ3n) is 3.01. The normalized spacial score (nSPS) is 22.4. The van der Waals surface area contributed by atoms with Gasteiger partial charge in [-0.15, -0.1) is 0 Å². The van der Waals surface area contributed by atoms with Crippen molar-refractivity contribution in [2.24, 2.45) is 0 Å². The fraction of sp³-hybridized carbons (Fsp3) is 0.462. The van der Waals surface area contributed by atoms with Gasteiger partial charge in [0.25, 0.3) is 5.91 Å². The highest BCUT2D eigenvalue weighted by atomic mass is 79.9. The van der Waals surface area contributed by atoms with Crippen LogP contribution in [-0.4, -0.2) is 24.7 Å². The van der Waals surface area contributed by atoms with Gasteiger partial charge in [-0.05, 0) is 53.9 Å². The van der Waals surface area contributed by atoms with E-state index in [0.717, 1.165) is 23.9 Å². The number of nitrogens with one attached hydrogen (secondary N) is 1. The lowest BCUT2D eigenvalue weighted by molar-refractivity contribution is -0.00862. The van der Waals surface area contributed by atoms with Gasteiger partial charge in [-0.1, -0.05) is 11.6 Å². The molecule has 1 saturated carbocycles. The van der Waals surface area contributed by atoms with Gasteiger partial charge < -0.3 is 10.1 Å². The average Bonchev–Trinajstić information content (AvgIpc) is 2.30. The van der Waals surface area contributed by atoms with E-state index in [1.54, 1.807) is 18.2 Å². The third kappa shape index (κ3) is 3.25. The van der Waals surface area contributed by atoms with E-state index in [-0.39, 0.29) is 11.9 Å². The van der Waals surface area contributed by atoms with Crippen molar-refractivity contribution in [2.45, 2.75) is 31.9 Å². The van der Waals surface area contributed by atoms with Crippen LogP contribution in [0, 0.1) is 0 Å². The van der Waals surface area contributed by atoms with Crippen LogP contribution in [-0.2, 0) is 4.74 Å². The Morgan fingerprint density at radius 3 is 2.89 bits per heavy atom. The van der Waals surface area contributed by atoms with Crippen molar-refractivity contribution < 1.29 is 9.53 Å². The van der Waals surface area contributed by atoms with Gasteiger partial charge in [0, 0.05) is 22.7 Å². The van der Waals surface area contributed by atoms with E-state index in [1.165, 1.54) is 0 Å². The lowest BCUT2D eigenvalue weighted by atomic mass is 9.89. The summed E-state index contributed by atoms with van der Waals surface area (Å²) in [6, 6.07) is 5.39. The summed E-state index contributed by atoms with van der Waals surface area (Å²) < 4.78 is 6.19. The Balaban J connectivity index is 1.87. The second-order valence-electron chi connectivity index (χ2n) is 4.35. The van der Waals surface area contributed by atoms with E-state index in [1.807, 2.05) is 6.92 Å². The van der Waals surface area contributed by atoms with Gasteiger partial charge in [-0.3, -0.25) is 4.79 Å². The molecule has 18 heavy (non-hydrogen) atoms. The molecule has 1 aromatic carbocycles. The Labute approximate surface area is 120 Å².